The highest BCUT2D eigenvalue weighted by Crippen LogP contribution is 2.31. The Labute approximate surface area is 126 Å². The number of carbonyl (C=O) groups excluding carboxylic acids is 1. The maximum absolute atomic E-state index is 12.6. The standard InChI is InChI=1S/C15H16F3N3O/c16-15(17,18)12-4-5-13(11(8-12)9-19)20-10-14(22)21-6-2-1-3-7-21/h4-5,8,20H,1-3,6-7,10H2. The molecular weight excluding hydrogens is 295 g/mol. The van der Waals surface area contributed by atoms with Crippen molar-refractivity contribution in [2.45, 2.75) is 25.4 Å². The summed E-state index contributed by atoms with van der Waals surface area (Å²) in [6.45, 7) is 1.39. The predicted molar refractivity (Wildman–Crippen MR) is 75.1 cm³/mol. The Kier molecular flexibility index (Phi) is 4.91. The molecule has 0 radical (unpaired) electrons. The first-order valence-corrected chi connectivity index (χ1v) is 7.05. The predicted octanol–water partition coefficient (Wildman–Crippen LogP) is 3.00. The molecule has 0 aliphatic carbocycles. The van der Waals surface area contributed by atoms with E-state index in [1.165, 1.54) is 6.07 Å². The van der Waals surface area contributed by atoms with Gasteiger partial charge >= 0.3 is 6.18 Å². The summed E-state index contributed by atoms with van der Waals surface area (Å²) in [7, 11) is 0. The Morgan fingerprint density at radius 3 is 2.55 bits per heavy atom. The van der Waals surface area contributed by atoms with Gasteiger partial charge in [0.25, 0.3) is 0 Å². The lowest BCUT2D eigenvalue weighted by Gasteiger charge is -2.27. The number of nitriles is 1. The fraction of sp³-hybridized carbons (Fsp3) is 0.467. The van der Waals surface area contributed by atoms with Crippen LogP contribution in [-0.2, 0) is 11.0 Å². The molecule has 2 rings (SSSR count). The van der Waals surface area contributed by atoms with E-state index < -0.39 is 11.7 Å². The van der Waals surface area contributed by atoms with E-state index in [2.05, 4.69) is 5.32 Å². The molecule has 1 aliphatic heterocycles. The minimum Gasteiger partial charge on any atom is -0.375 e. The lowest BCUT2D eigenvalue weighted by molar-refractivity contribution is -0.137. The molecule has 0 aromatic heterocycles. The number of carbonyl (C=O) groups is 1. The van der Waals surface area contributed by atoms with Gasteiger partial charge in [0.1, 0.15) is 6.07 Å². The van der Waals surface area contributed by atoms with Crippen molar-refractivity contribution in [3.05, 3.63) is 29.3 Å². The molecule has 7 heteroatoms. The van der Waals surface area contributed by atoms with Gasteiger partial charge in [-0.1, -0.05) is 0 Å². The molecule has 1 aliphatic rings. The first kappa shape index (κ1) is 16.1. The van der Waals surface area contributed by atoms with Crippen molar-refractivity contribution >= 4 is 11.6 Å². The van der Waals surface area contributed by atoms with Crippen LogP contribution in [0.4, 0.5) is 18.9 Å². The minimum absolute atomic E-state index is 0.0277. The van der Waals surface area contributed by atoms with E-state index in [-0.39, 0.29) is 23.7 Å². The Balaban J connectivity index is 2.03. The number of amides is 1. The Hall–Kier alpha value is -2.23. The fourth-order valence-electron chi connectivity index (χ4n) is 2.39. The highest BCUT2D eigenvalue weighted by atomic mass is 19.4. The number of rotatable bonds is 3. The Morgan fingerprint density at radius 1 is 1.27 bits per heavy atom. The van der Waals surface area contributed by atoms with Gasteiger partial charge in [0.15, 0.2) is 0 Å². The fourth-order valence-corrected chi connectivity index (χ4v) is 2.39. The summed E-state index contributed by atoms with van der Waals surface area (Å²) in [6.07, 6.45) is -1.45. The molecule has 1 aromatic rings. The Bertz CT molecular complexity index is 587. The van der Waals surface area contributed by atoms with Gasteiger partial charge in [-0.25, -0.2) is 0 Å². The average Bonchev–Trinajstić information content (AvgIpc) is 2.52. The lowest BCUT2D eigenvalue weighted by Crippen LogP contribution is -2.39. The number of anilines is 1. The second-order valence-corrected chi connectivity index (χ2v) is 5.16. The van der Waals surface area contributed by atoms with Crippen LogP contribution in [0.3, 0.4) is 0 Å². The van der Waals surface area contributed by atoms with E-state index >= 15 is 0 Å². The van der Waals surface area contributed by atoms with Crippen molar-refractivity contribution in [2.75, 3.05) is 25.0 Å². The van der Waals surface area contributed by atoms with Gasteiger partial charge in [0.2, 0.25) is 5.91 Å². The monoisotopic (exact) mass is 311 g/mol. The van der Waals surface area contributed by atoms with Crippen molar-refractivity contribution in [2.24, 2.45) is 0 Å². The summed E-state index contributed by atoms with van der Waals surface area (Å²) < 4.78 is 37.8. The van der Waals surface area contributed by atoms with Crippen LogP contribution in [0.1, 0.15) is 30.4 Å². The third-order valence-corrected chi connectivity index (χ3v) is 3.61. The number of halogens is 3. The first-order chi connectivity index (χ1) is 10.4. The van der Waals surface area contributed by atoms with E-state index in [0.717, 1.165) is 31.4 Å². The van der Waals surface area contributed by atoms with Crippen molar-refractivity contribution < 1.29 is 18.0 Å². The quantitative estimate of drug-likeness (QED) is 0.933. The maximum Gasteiger partial charge on any atom is 0.416 e. The third kappa shape index (κ3) is 3.91. The summed E-state index contributed by atoms with van der Waals surface area (Å²) in [5.74, 6) is -0.108. The number of hydrogen-bond acceptors (Lipinski definition) is 3. The van der Waals surface area contributed by atoms with Gasteiger partial charge in [-0.15, -0.1) is 0 Å². The van der Waals surface area contributed by atoms with Gasteiger partial charge in [0, 0.05) is 13.1 Å². The molecule has 22 heavy (non-hydrogen) atoms. The molecule has 1 saturated heterocycles. The van der Waals surface area contributed by atoms with E-state index in [0.29, 0.717) is 13.1 Å². The largest absolute Gasteiger partial charge is 0.416 e. The number of alkyl halides is 3. The van der Waals surface area contributed by atoms with Gasteiger partial charge in [-0.2, -0.15) is 18.4 Å². The molecule has 118 valence electrons. The Morgan fingerprint density at radius 2 is 1.95 bits per heavy atom. The van der Waals surface area contributed by atoms with Gasteiger partial charge in [-0.3, -0.25) is 4.79 Å². The highest BCUT2D eigenvalue weighted by molar-refractivity contribution is 5.81. The van der Waals surface area contributed by atoms with E-state index in [4.69, 9.17) is 5.26 Å². The number of hydrogen-bond donors (Lipinski definition) is 1. The van der Waals surface area contributed by atoms with E-state index in [1.807, 2.05) is 0 Å². The molecule has 1 aromatic carbocycles. The van der Waals surface area contributed by atoms with Crippen LogP contribution in [-0.4, -0.2) is 30.4 Å². The third-order valence-electron chi connectivity index (χ3n) is 3.61. The molecule has 0 unspecified atom stereocenters. The molecule has 1 amide bonds. The zero-order chi connectivity index (χ0) is 16.2. The number of piperidine rings is 1. The van der Waals surface area contributed by atoms with Gasteiger partial charge in [0.05, 0.1) is 23.4 Å². The van der Waals surface area contributed by atoms with Crippen LogP contribution >= 0.6 is 0 Å². The number of nitrogens with one attached hydrogen (secondary N) is 1. The molecule has 1 heterocycles. The molecule has 1 N–H and O–H groups in total. The summed E-state index contributed by atoms with van der Waals surface area (Å²) in [4.78, 5) is 13.7. The average molecular weight is 311 g/mol. The molecule has 0 spiro atoms. The lowest BCUT2D eigenvalue weighted by atomic mass is 10.1. The summed E-state index contributed by atoms with van der Waals surface area (Å²) >= 11 is 0. The highest BCUT2D eigenvalue weighted by Gasteiger charge is 2.31. The summed E-state index contributed by atoms with van der Waals surface area (Å²) in [5.41, 5.74) is -0.765. The first-order valence-electron chi connectivity index (χ1n) is 7.05. The second kappa shape index (κ2) is 6.69. The van der Waals surface area contributed by atoms with Crippen LogP contribution in [0.15, 0.2) is 18.2 Å². The molecule has 0 atom stereocenters. The zero-order valence-corrected chi connectivity index (χ0v) is 11.9. The summed E-state index contributed by atoms with van der Waals surface area (Å²) in [5, 5.41) is 11.7. The normalized spacial score (nSPS) is 15.3. The second-order valence-electron chi connectivity index (χ2n) is 5.16. The van der Waals surface area contributed by atoms with Crippen LogP contribution < -0.4 is 5.32 Å². The molecule has 0 saturated carbocycles. The smallest absolute Gasteiger partial charge is 0.375 e. The maximum atomic E-state index is 12.6. The van der Waals surface area contributed by atoms with Crippen molar-refractivity contribution in [1.29, 1.82) is 5.26 Å². The van der Waals surface area contributed by atoms with Crippen LogP contribution in [0.5, 0.6) is 0 Å². The number of likely N-dealkylation sites (tertiary alicyclic amines) is 1. The summed E-state index contributed by atoms with van der Waals surface area (Å²) in [6, 6.07) is 4.59. The van der Waals surface area contributed by atoms with E-state index in [9.17, 15) is 18.0 Å². The topological polar surface area (TPSA) is 56.1 Å². The van der Waals surface area contributed by atoms with Crippen LogP contribution in [0, 0.1) is 11.3 Å². The number of nitrogens with zero attached hydrogens (tertiary/aromatic N) is 2. The molecule has 1 fully saturated rings. The van der Waals surface area contributed by atoms with Crippen molar-refractivity contribution in [1.82, 2.24) is 4.90 Å². The molecule has 4 nitrogen and oxygen atoms in total. The SMILES string of the molecule is N#Cc1cc(C(F)(F)F)ccc1NCC(=O)N1CCCCC1. The molecule has 0 bridgehead atoms. The minimum atomic E-state index is -4.49. The molecular formula is C15H16F3N3O. The van der Waals surface area contributed by atoms with Crippen molar-refractivity contribution in [3.8, 4) is 6.07 Å². The van der Waals surface area contributed by atoms with Gasteiger partial charge < -0.3 is 10.2 Å². The van der Waals surface area contributed by atoms with Crippen LogP contribution in [0.25, 0.3) is 0 Å². The van der Waals surface area contributed by atoms with Crippen LogP contribution in [0.2, 0.25) is 0 Å². The number of benzene rings is 1. The van der Waals surface area contributed by atoms with Gasteiger partial charge in [-0.05, 0) is 37.5 Å². The zero-order valence-electron chi connectivity index (χ0n) is 11.9. The van der Waals surface area contributed by atoms with E-state index in [1.54, 1.807) is 11.0 Å². The van der Waals surface area contributed by atoms with Crippen molar-refractivity contribution in [3.63, 3.8) is 0 Å².